The summed E-state index contributed by atoms with van der Waals surface area (Å²) in [5, 5.41) is 12.5. The molecule has 1 aromatic heterocycles. The SMILES string of the molecule is CC(N[C@@H]1C=C[C@H](CO)C1)c1ccccn1. The molecule has 0 radical (unpaired) electrons. The molecule has 0 spiro atoms. The standard InChI is InChI=1S/C13H18N2O/c1-10(13-4-2-3-7-14-13)15-12-6-5-11(8-12)9-16/h2-7,10-12,15-16H,8-9H2,1H3/t10?,11-,12+/m0/s1. The van der Waals surface area contributed by atoms with Gasteiger partial charge in [0.1, 0.15) is 0 Å². The van der Waals surface area contributed by atoms with Crippen molar-refractivity contribution >= 4 is 0 Å². The van der Waals surface area contributed by atoms with E-state index < -0.39 is 0 Å². The summed E-state index contributed by atoms with van der Waals surface area (Å²) in [6.07, 6.45) is 7.02. The van der Waals surface area contributed by atoms with Crippen molar-refractivity contribution in [3.63, 3.8) is 0 Å². The van der Waals surface area contributed by atoms with Crippen LogP contribution >= 0.6 is 0 Å². The van der Waals surface area contributed by atoms with E-state index in [1.807, 2.05) is 24.4 Å². The lowest BCUT2D eigenvalue weighted by molar-refractivity contribution is 0.245. The molecule has 0 fully saturated rings. The van der Waals surface area contributed by atoms with E-state index in [0.29, 0.717) is 12.0 Å². The summed E-state index contributed by atoms with van der Waals surface area (Å²) in [5.74, 6) is 0.313. The number of nitrogens with one attached hydrogen (secondary N) is 1. The minimum atomic E-state index is 0.243. The highest BCUT2D eigenvalue weighted by molar-refractivity contribution is 5.11. The normalized spacial score (nSPS) is 25.9. The van der Waals surface area contributed by atoms with Gasteiger partial charge in [0.25, 0.3) is 0 Å². The third-order valence-electron chi connectivity index (χ3n) is 3.00. The third-order valence-corrected chi connectivity index (χ3v) is 3.00. The lowest BCUT2D eigenvalue weighted by Gasteiger charge is -2.18. The molecule has 0 amide bonds. The molecule has 3 nitrogen and oxygen atoms in total. The van der Waals surface area contributed by atoms with Crippen LogP contribution in [-0.2, 0) is 0 Å². The second-order valence-electron chi connectivity index (χ2n) is 4.31. The van der Waals surface area contributed by atoms with Crippen LogP contribution in [0.2, 0.25) is 0 Å². The Labute approximate surface area is 96.2 Å². The highest BCUT2D eigenvalue weighted by atomic mass is 16.3. The summed E-state index contributed by atoms with van der Waals surface area (Å²) >= 11 is 0. The Morgan fingerprint density at radius 2 is 2.38 bits per heavy atom. The molecule has 1 aromatic rings. The fraction of sp³-hybridized carbons (Fsp3) is 0.462. The van der Waals surface area contributed by atoms with Gasteiger partial charge in [0, 0.05) is 30.8 Å². The van der Waals surface area contributed by atoms with E-state index in [4.69, 9.17) is 5.11 Å². The van der Waals surface area contributed by atoms with Gasteiger partial charge in [0.05, 0.1) is 5.69 Å². The Morgan fingerprint density at radius 1 is 1.50 bits per heavy atom. The molecule has 1 unspecified atom stereocenters. The van der Waals surface area contributed by atoms with Crippen LogP contribution < -0.4 is 5.32 Å². The summed E-state index contributed by atoms with van der Waals surface area (Å²) in [7, 11) is 0. The number of nitrogens with zero attached hydrogens (tertiary/aromatic N) is 1. The van der Waals surface area contributed by atoms with Gasteiger partial charge in [-0.1, -0.05) is 18.2 Å². The van der Waals surface area contributed by atoms with Crippen molar-refractivity contribution < 1.29 is 5.11 Å². The van der Waals surface area contributed by atoms with Crippen LogP contribution in [0.3, 0.4) is 0 Å². The van der Waals surface area contributed by atoms with E-state index in [1.54, 1.807) is 0 Å². The average Bonchev–Trinajstić information content (AvgIpc) is 2.78. The number of aromatic nitrogens is 1. The fourth-order valence-electron chi connectivity index (χ4n) is 2.07. The molecule has 3 atom stereocenters. The fourth-order valence-corrected chi connectivity index (χ4v) is 2.07. The number of hydrogen-bond donors (Lipinski definition) is 2. The lowest BCUT2D eigenvalue weighted by Crippen LogP contribution is -2.29. The molecular weight excluding hydrogens is 200 g/mol. The minimum absolute atomic E-state index is 0.243. The highest BCUT2D eigenvalue weighted by Gasteiger charge is 2.20. The molecule has 16 heavy (non-hydrogen) atoms. The lowest BCUT2D eigenvalue weighted by atomic mass is 10.1. The van der Waals surface area contributed by atoms with Crippen molar-refractivity contribution in [2.75, 3.05) is 6.61 Å². The summed E-state index contributed by atoms with van der Waals surface area (Å²) in [6.45, 7) is 2.36. The molecule has 0 bridgehead atoms. The zero-order valence-electron chi connectivity index (χ0n) is 9.50. The van der Waals surface area contributed by atoms with Crippen molar-refractivity contribution in [2.45, 2.75) is 25.4 Å². The van der Waals surface area contributed by atoms with Crippen molar-refractivity contribution in [3.8, 4) is 0 Å². The van der Waals surface area contributed by atoms with Gasteiger partial charge in [-0.25, -0.2) is 0 Å². The largest absolute Gasteiger partial charge is 0.396 e. The molecular formula is C13H18N2O. The van der Waals surface area contributed by atoms with E-state index in [-0.39, 0.29) is 12.6 Å². The molecule has 1 heterocycles. The molecule has 3 heteroatoms. The molecule has 2 rings (SSSR count). The van der Waals surface area contributed by atoms with Gasteiger partial charge in [0.15, 0.2) is 0 Å². The Balaban J connectivity index is 1.89. The second-order valence-corrected chi connectivity index (χ2v) is 4.31. The molecule has 2 N–H and O–H groups in total. The van der Waals surface area contributed by atoms with Crippen LogP contribution in [0.4, 0.5) is 0 Å². The first-order valence-corrected chi connectivity index (χ1v) is 5.75. The third kappa shape index (κ3) is 2.68. The topological polar surface area (TPSA) is 45.1 Å². The average molecular weight is 218 g/mol. The number of aliphatic hydroxyl groups excluding tert-OH is 1. The van der Waals surface area contributed by atoms with Crippen LogP contribution in [-0.4, -0.2) is 22.7 Å². The van der Waals surface area contributed by atoms with Crippen LogP contribution in [0, 0.1) is 5.92 Å². The molecule has 1 aliphatic carbocycles. The summed E-state index contributed by atoms with van der Waals surface area (Å²) in [6, 6.07) is 6.55. The maximum absolute atomic E-state index is 9.04. The number of aliphatic hydroxyl groups is 1. The van der Waals surface area contributed by atoms with E-state index in [2.05, 4.69) is 29.4 Å². The van der Waals surface area contributed by atoms with Gasteiger partial charge in [0.2, 0.25) is 0 Å². The van der Waals surface area contributed by atoms with E-state index in [0.717, 1.165) is 12.1 Å². The predicted octanol–water partition coefficient (Wildman–Crippen LogP) is 1.67. The molecule has 86 valence electrons. The Hall–Kier alpha value is -1.19. The number of hydrogen-bond acceptors (Lipinski definition) is 3. The molecule has 0 aromatic carbocycles. The first-order chi connectivity index (χ1) is 7.79. The van der Waals surface area contributed by atoms with Gasteiger partial charge in [-0.3, -0.25) is 4.98 Å². The molecule has 1 aliphatic rings. The van der Waals surface area contributed by atoms with Gasteiger partial charge in [-0.2, -0.15) is 0 Å². The van der Waals surface area contributed by atoms with Gasteiger partial charge in [-0.15, -0.1) is 0 Å². The first-order valence-electron chi connectivity index (χ1n) is 5.75. The van der Waals surface area contributed by atoms with Crippen LogP contribution in [0.25, 0.3) is 0 Å². The van der Waals surface area contributed by atoms with Gasteiger partial charge < -0.3 is 10.4 Å². The monoisotopic (exact) mass is 218 g/mol. The van der Waals surface area contributed by atoms with Gasteiger partial charge in [-0.05, 0) is 25.5 Å². The van der Waals surface area contributed by atoms with E-state index >= 15 is 0 Å². The maximum Gasteiger partial charge on any atom is 0.0570 e. The van der Waals surface area contributed by atoms with Crippen molar-refractivity contribution in [3.05, 3.63) is 42.2 Å². The summed E-state index contributed by atoms with van der Waals surface area (Å²) in [4.78, 5) is 4.32. The maximum atomic E-state index is 9.04. The van der Waals surface area contributed by atoms with E-state index in [9.17, 15) is 0 Å². The van der Waals surface area contributed by atoms with Gasteiger partial charge >= 0.3 is 0 Å². The van der Waals surface area contributed by atoms with Crippen molar-refractivity contribution in [1.29, 1.82) is 0 Å². The zero-order valence-corrected chi connectivity index (χ0v) is 9.50. The van der Waals surface area contributed by atoms with Crippen molar-refractivity contribution in [2.24, 2.45) is 5.92 Å². The molecule has 0 saturated heterocycles. The van der Waals surface area contributed by atoms with E-state index in [1.165, 1.54) is 0 Å². The summed E-state index contributed by atoms with van der Waals surface area (Å²) < 4.78 is 0. The predicted molar refractivity (Wildman–Crippen MR) is 63.9 cm³/mol. The smallest absolute Gasteiger partial charge is 0.0570 e. The first kappa shape index (κ1) is 11.3. The summed E-state index contributed by atoms with van der Waals surface area (Å²) in [5.41, 5.74) is 1.06. The quantitative estimate of drug-likeness (QED) is 0.756. The Kier molecular flexibility index (Phi) is 3.70. The van der Waals surface area contributed by atoms with Crippen LogP contribution in [0.1, 0.15) is 25.1 Å². The number of rotatable bonds is 4. The Morgan fingerprint density at radius 3 is 3.00 bits per heavy atom. The zero-order chi connectivity index (χ0) is 11.4. The van der Waals surface area contributed by atoms with Crippen molar-refractivity contribution in [1.82, 2.24) is 10.3 Å². The molecule has 0 saturated carbocycles. The Bertz CT molecular complexity index is 350. The highest BCUT2D eigenvalue weighted by Crippen LogP contribution is 2.20. The molecule has 0 aliphatic heterocycles. The van der Waals surface area contributed by atoms with Crippen LogP contribution in [0.15, 0.2) is 36.5 Å². The minimum Gasteiger partial charge on any atom is -0.396 e. The number of pyridine rings is 1. The second kappa shape index (κ2) is 5.23. The van der Waals surface area contributed by atoms with Crippen LogP contribution in [0.5, 0.6) is 0 Å².